The fourth-order valence-corrected chi connectivity index (χ4v) is 3.40. The molecule has 0 unspecified atom stereocenters. The Kier molecular flexibility index (Phi) is 10.4. The first kappa shape index (κ1) is 29.8. The molecule has 0 saturated carbocycles. The number of carbonyl (C=O) groups excluding carboxylic acids is 2. The molecule has 0 fully saturated rings. The van der Waals surface area contributed by atoms with E-state index in [2.05, 4.69) is 10.6 Å². The van der Waals surface area contributed by atoms with Crippen molar-refractivity contribution >= 4 is 23.8 Å². The predicted octanol–water partition coefficient (Wildman–Crippen LogP) is 1.84. The average molecular weight is 537 g/mol. The van der Waals surface area contributed by atoms with E-state index in [-0.39, 0.29) is 0 Å². The highest BCUT2D eigenvalue weighted by molar-refractivity contribution is 5.88. The summed E-state index contributed by atoms with van der Waals surface area (Å²) in [6.07, 6.45) is -4.57. The second kappa shape index (κ2) is 13.2. The highest BCUT2D eigenvalue weighted by Crippen LogP contribution is 2.20. The molecule has 0 aliphatic carbocycles. The van der Waals surface area contributed by atoms with Crippen molar-refractivity contribution in [3.63, 3.8) is 0 Å². The minimum Gasteiger partial charge on any atom is -0.475 e. The second-order valence-corrected chi connectivity index (χ2v) is 8.09. The number of carboxylic acids is 2. The van der Waals surface area contributed by atoms with Gasteiger partial charge in [0.2, 0.25) is 11.7 Å². The van der Waals surface area contributed by atoms with Crippen LogP contribution in [0.15, 0.2) is 66.4 Å². The van der Waals surface area contributed by atoms with Gasteiger partial charge >= 0.3 is 18.1 Å². The molecule has 0 bridgehead atoms. The number of hydrogen-bond donors (Lipinski definition) is 5. The maximum Gasteiger partial charge on any atom is 0.490 e. The van der Waals surface area contributed by atoms with Crippen LogP contribution in [0.1, 0.15) is 12.5 Å². The van der Waals surface area contributed by atoms with Gasteiger partial charge in [0.05, 0.1) is 12.1 Å². The van der Waals surface area contributed by atoms with E-state index < -0.39 is 53.9 Å². The van der Waals surface area contributed by atoms with E-state index in [9.17, 15) is 32.7 Å². The van der Waals surface area contributed by atoms with Gasteiger partial charge in [0.25, 0.3) is 5.91 Å². The van der Waals surface area contributed by atoms with Crippen LogP contribution in [0.5, 0.6) is 0 Å². The third kappa shape index (κ3) is 8.92. The lowest BCUT2D eigenvalue weighted by Gasteiger charge is -2.34. The van der Waals surface area contributed by atoms with Crippen molar-refractivity contribution in [2.45, 2.75) is 37.7 Å². The molecule has 0 radical (unpaired) electrons. The lowest BCUT2D eigenvalue weighted by molar-refractivity contribution is -0.192. The molecule has 38 heavy (non-hydrogen) atoms. The summed E-state index contributed by atoms with van der Waals surface area (Å²) in [6, 6.07) is 16.3. The summed E-state index contributed by atoms with van der Waals surface area (Å²) in [5.74, 6) is -5.43. The molecule has 3 rings (SSSR count). The molecule has 3 atom stereocenters. The number of aliphatic carboxylic acids is 2. The number of nitrogens with one attached hydrogen (secondary N) is 2. The topological polar surface area (TPSA) is 168 Å². The lowest BCUT2D eigenvalue weighted by Crippen LogP contribution is -2.61. The average Bonchev–Trinajstić information content (AvgIpc) is 2.85. The zero-order valence-electron chi connectivity index (χ0n) is 20.1. The fraction of sp³-hybridized carbons (Fsp3) is 0.280. The summed E-state index contributed by atoms with van der Waals surface area (Å²) in [5, 5.41) is 21.6. The monoisotopic (exact) mass is 537 g/mol. The van der Waals surface area contributed by atoms with Crippen molar-refractivity contribution in [2.75, 3.05) is 6.54 Å². The molecular weight excluding hydrogens is 511 g/mol. The van der Waals surface area contributed by atoms with Crippen molar-refractivity contribution in [3.8, 4) is 11.1 Å². The van der Waals surface area contributed by atoms with Gasteiger partial charge in [-0.15, -0.1) is 0 Å². The molecule has 1 heterocycles. The van der Waals surface area contributed by atoms with Gasteiger partial charge in [-0.25, -0.2) is 9.59 Å². The highest BCUT2D eigenvalue weighted by Gasteiger charge is 2.40. The van der Waals surface area contributed by atoms with Gasteiger partial charge in [-0.3, -0.25) is 9.59 Å². The predicted molar refractivity (Wildman–Crippen MR) is 128 cm³/mol. The maximum atomic E-state index is 12.7. The second-order valence-electron chi connectivity index (χ2n) is 8.09. The van der Waals surface area contributed by atoms with E-state index in [1.807, 2.05) is 54.6 Å². The normalized spacial score (nSPS) is 18.6. The Morgan fingerprint density at radius 3 is 2.03 bits per heavy atom. The zero-order chi connectivity index (χ0) is 28.5. The standard InChI is InChI=1S/C23H25N3O5.C2HF3O2/c1-14(27)26-20-18(24)13-19(23(29)30)31-21(20)22(28)25-12-11-15-7-9-17(10-8-15)16-5-3-2-4-6-16;3-2(4,5)1(6)7/h2-10,13,18,20-21H,11-12,24H2,1H3,(H,25,28)(H,26,27)(H,29,30);(H,6,7)/t18-,20+,21+;/m0./s1. The van der Waals surface area contributed by atoms with Crippen molar-refractivity contribution in [3.05, 3.63) is 72.0 Å². The molecule has 2 aromatic rings. The largest absolute Gasteiger partial charge is 0.490 e. The number of nitrogens with two attached hydrogens (primary N) is 1. The molecular formula is C25H26F3N3O7. The van der Waals surface area contributed by atoms with E-state index in [4.69, 9.17) is 20.4 Å². The van der Waals surface area contributed by atoms with Crippen molar-refractivity contribution < 1.29 is 47.3 Å². The molecule has 0 aromatic heterocycles. The lowest BCUT2D eigenvalue weighted by atomic mass is 9.98. The molecule has 6 N–H and O–H groups in total. The SMILES string of the molecule is CC(=O)N[C@@H]1[C@@H](N)C=C(C(=O)O)O[C@H]1C(=O)NCCc1ccc(-c2ccccc2)cc1.O=C(O)C(F)(F)F. The summed E-state index contributed by atoms with van der Waals surface area (Å²) < 4.78 is 37.1. The Balaban J connectivity index is 0.000000638. The number of carboxylic acid groups (broad SMARTS) is 2. The van der Waals surface area contributed by atoms with Gasteiger partial charge in [-0.2, -0.15) is 13.2 Å². The van der Waals surface area contributed by atoms with Crippen molar-refractivity contribution in [2.24, 2.45) is 5.73 Å². The third-order valence-corrected chi connectivity index (χ3v) is 5.19. The molecule has 10 nitrogen and oxygen atoms in total. The Morgan fingerprint density at radius 1 is 0.974 bits per heavy atom. The minimum atomic E-state index is -5.08. The molecule has 1 aliphatic heterocycles. The smallest absolute Gasteiger partial charge is 0.475 e. The van der Waals surface area contributed by atoms with E-state index in [0.29, 0.717) is 13.0 Å². The Hall–Kier alpha value is -4.39. The van der Waals surface area contributed by atoms with Gasteiger partial charge in [-0.1, -0.05) is 54.6 Å². The van der Waals surface area contributed by atoms with Crippen LogP contribution in [0.2, 0.25) is 0 Å². The van der Waals surface area contributed by atoms with Crippen LogP contribution in [0.25, 0.3) is 11.1 Å². The first-order valence-electron chi connectivity index (χ1n) is 11.2. The quantitative estimate of drug-likeness (QED) is 0.357. The van der Waals surface area contributed by atoms with E-state index in [1.54, 1.807) is 0 Å². The number of halogens is 3. The number of amides is 2. The highest BCUT2D eigenvalue weighted by atomic mass is 19.4. The fourth-order valence-electron chi connectivity index (χ4n) is 3.40. The number of carbonyl (C=O) groups is 4. The molecule has 204 valence electrons. The molecule has 0 spiro atoms. The van der Waals surface area contributed by atoms with Crippen LogP contribution in [0.3, 0.4) is 0 Å². The number of benzene rings is 2. The first-order valence-corrected chi connectivity index (χ1v) is 11.2. The number of ether oxygens (including phenoxy) is 1. The summed E-state index contributed by atoms with van der Waals surface area (Å²) in [5.41, 5.74) is 9.21. The van der Waals surface area contributed by atoms with Gasteiger partial charge < -0.3 is 31.3 Å². The van der Waals surface area contributed by atoms with Gasteiger partial charge in [-0.05, 0) is 29.2 Å². The number of hydrogen-bond acceptors (Lipinski definition) is 6. The van der Waals surface area contributed by atoms with E-state index in [0.717, 1.165) is 16.7 Å². The minimum absolute atomic E-state index is 0.317. The van der Waals surface area contributed by atoms with Gasteiger partial charge in [0.15, 0.2) is 6.10 Å². The Bertz CT molecular complexity index is 1170. The first-order chi connectivity index (χ1) is 17.8. The van der Waals surface area contributed by atoms with Crippen LogP contribution in [-0.4, -0.2) is 64.9 Å². The molecule has 1 aliphatic rings. The summed E-state index contributed by atoms with van der Waals surface area (Å²) in [6.45, 7) is 1.61. The van der Waals surface area contributed by atoms with Gasteiger partial charge in [0, 0.05) is 13.5 Å². The molecule has 2 amide bonds. The van der Waals surface area contributed by atoms with E-state index >= 15 is 0 Å². The summed E-state index contributed by atoms with van der Waals surface area (Å²) in [4.78, 5) is 44.3. The van der Waals surface area contributed by atoms with Crippen molar-refractivity contribution in [1.29, 1.82) is 0 Å². The van der Waals surface area contributed by atoms with Crippen LogP contribution in [0, 0.1) is 0 Å². The summed E-state index contributed by atoms with van der Waals surface area (Å²) in [7, 11) is 0. The van der Waals surface area contributed by atoms with Crippen LogP contribution >= 0.6 is 0 Å². The summed E-state index contributed by atoms with van der Waals surface area (Å²) >= 11 is 0. The maximum absolute atomic E-state index is 12.7. The Morgan fingerprint density at radius 2 is 1.53 bits per heavy atom. The van der Waals surface area contributed by atoms with Crippen LogP contribution in [-0.2, 0) is 30.3 Å². The molecule has 13 heteroatoms. The molecule has 2 aromatic carbocycles. The number of alkyl halides is 3. The third-order valence-electron chi connectivity index (χ3n) is 5.19. The van der Waals surface area contributed by atoms with E-state index in [1.165, 1.54) is 13.0 Å². The number of rotatable bonds is 7. The van der Waals surface area contributed by atoms with Crippen LogP contribution < -0.4 is 16.4 Å². The van der Waals surface area contributed by atoms with Gasteiger partial charge in [0.1, 0.15) is 0 Å². The van der Waals surface area contributed by atoms with Crippen LogP contribution in [0.4, 0.5) is 13.2 Å². The zero-order valence-corrected chi connectivity index (χ0v) is 20.1. The Labute approximate surface area is 215 Å². The molecule has 0 saturated heterocycles. The van der Waals surface area contributed by atoms with Crippen molar-refractivity contribution in [1.82, 2.24) is 10.6 Å².